The van der Waals surface area contributed by atoms with Crippen LogP contribution in [0.3, 0.4) is 0 Å². The number of aliphatic hydroxyl groups is 1. The highest BCUT2D eigenvalue weighted by molar-refractivity contribution is 7.90. The summed E-state index contributed by atoms with van der Waals surface area (Å²) >= 11 is 0. The van der Waals surface area contributed by atoms with Crippen LogP contribution in [0.4, 0.5) is 11.4 Å². The Balaban J connectivity index is 1.13. The number of carbonyl (C=O) groups excluding carboxylic acids is 1. The van der Waals surface area contributed by atoms with Gasteiger partial charge in [0, 0.05) is 39.8 Å². The largest absolute Gasteiger partial charge is 0.492 e. The Bertz CT molecular complexity index is 1520. The molecule has 10 nitrogen and oxygen atoms in total. The van der Waals surface area contributed by atoms with E-state index in [0.29, 0.717) is 30.2 Å². The molecule has 0 saturated carbocycles. The molecule has 0 fully saturated rings. The summed E-state index contributed by atoms with van der Waals surface area (Å²) in [5.41, 5.74) is 6.50. The predicted octanol–water partition coefficient (Wildman–Crippen LogP) is 2.92. The van der Waals surface area contributed by atoms with Crippen molar-refractivity contribution in [1.82, 2.24) is 9.62 Å². The number of carbonyl (C=O) groups is 1. The van der Waals surface area contributed by atoms with Crippen LogP contribution in [0.25, 0.3) is 11.1 Å². The normalized spacial score (nSPS) is 14.7. The summed E-state index contributed by atoms with van der Waals surface area (Å²) in [5.74, 6) is 1.15. The van der Waals surface area contributed by atoms with E-state index in [1.807, 2.05) is 30.3 Å². The van der Waals surface area contributed by atoms with E-state index in [2.05, 4.69) is 16.7 Å². The molecular formula is C29H34N4O6S. The van der Waals surface area contributed by atoms with E-state index in [4.69, 9.17) is 9.47 Å². The summed E-state index contributed by atoms with van der Waals surface area (Å²) in [6, 6.07) is 17.1. The zero-order valence-corrected chi connectivity index (χ0v) is 23.6. The van der Waals surface area contributed by atoms with Crippen molar-refractivity contribution in [2.45, 2.75) is 19.4 Å². The van der Waals surface area contributed by atoms with Gasteiger partial charge in [0.05, 0.1) is 18.3 Å². The van der Waals surface area contributed by atoms with Crippen LogP contribution in [0.2, 0.25) is 0 Å². The molecule has 1 heterocycles. The number of anilines is 2. The van der Waals surface area contributed by atoms with Gasteiger partial charge in [-0.25, -0.2) is 0 Å². The maximum Gasteiger partial charge on any atom is 0.303 e. The van der Waals surface area contributed by atoms with Gasteiger partial charge in [0.15, 0.2) is 0 Å². The van der Waals surface area contributed by atoms with E-state index in [0.717, 1.165) is 22.2 Å². The lowest BCUT2D eigenvalue weighted by Crippen LogP contribution is -2.44. The molecule has 3 N–H and O–H groups in total. The van der Waals surface area contributed by atoms with Gasteiger partial charge in [-0.1, -0.05) is 18.2 Å². The van der Waals surface area contributed by atoms with Gasteiger partial charge in [-0.05, 0) is 70.6 Å². The highest BCUT2D eigenvalue weighted by Crippen LogP contribution is 2.39. The van der Waals surface area contributed by atoms with Gasteiger partial charge < -0.3 is 25.2 Å². The smallest absolute Gasteiger partial charge is 0.303 e. The first-order valence-corrected chi connectivity index (χ1v) is 14.6. The summed E-state index contributed by atoms with van der Waals surface area (Å²) in [7, 11) is -0.699. The molecule has 0 saturated heterocycles. The topological polar surface area (TPSA) is 120 Å². The SMILES string of the molecule is CC(=O)Nc1ccc2c(c1)Cc1cc(OCCNC[C@H](O)c3ccc4c(c3)N(S(=O)(=O)N(C)C)CCO4)ccc1-2. The van der Waals surface area contributed by atoms with E-state index in [1.54, 1.807) is 18.2 Å². The number of amides is 1. The van der Waals surface area contributed by atoms with Gasteiger partial charge in [-0.15, -0.1) is 0 Å². The lowest BCUT2D eigenvalue weighted by molar-refractivity contribution is -0.114. The van der Waals surface area contributed by atoms with Gasteiger partial charge >= 0.3 is 10.2 Å². The molecule has 0 spiro atoms. The van der Waals surface area contributed by atoms with Crippen molar-refractivity contribution < 1.29 is 27.8 Å². The average molecular weight is 567 g/mol. The van der Waals surface area contributed by atoms with Crippen molar-refractivity contribution in [1.29, 1.82) is 0 Å². The van der Waals surface area contributed by atoms with Crippen LogP contribution in [0, 0.1) is 0 Å². The lowest BCUT2D eigenvalue weighted by atomic mass is 10.1. The fraction of sp³-hybridized carbons (Fsp3) is 0.345. The molecule has 0 aromatic heterocycles. The maximum absolute atomic E-state index is 12.8. The second kappa shape index (κ2) is 11.5. The number of benzene rings is 3. The van der Waals surface area contributed by atoms with E-state index in [1.165, 1.54) is 47.6 Å². The molecule has 212 valence electrons. The third-order valence-corrected chi connectivity index (χ3v) is 8.85. The number of ether oxygens (including phenoxy) is 2. The standard InChI is InChI=1S/C29H34N4O6S/c1-19(34)31-23-5-7-25-21(15-23)14-22-16-24(6-8-26(22)25)38-12-10-30-18-28(35)20-4-9-29-27(17-20)33(11-13-39-29)40(36,37)32(2)3/h4-9,15-17,28,30,35H,10-14,18H2,1-3H3,(H,31,34)/t28-/m0/s1. The molecule has 5 rings (SSSR count). The van der Waals surface area contributed by atoms with Gasteiger partial charge in [0.25, 0.3) is 0 Å². The minimum Gasteiger partial charge on any atom is -0.492 e. The summed E-state index contributed by atoms with van der Waals surface area (Å²) in [4.78, 5) is 11.4. The molecule has 3 aromatic rings. The first-order chi connectivity index (χ1) is 19.1. The van der Waals surface area contributed by atoms with Gasteiger partial charge in [-0.2, -0.15) is 12.7 Å². The van der Waals surface area contributed by atoms with Crippen molar-refractivity contribution >= 4 is 27.5 Å². The van der Waals surface area contributed by atoms with E-state index < -0.39 is 16.3 Å². The number of rotatable bonds is 10. The zero-order valence-electron chi connectivity index (χ0n) is 22.8. The zero-order chi connectivity index (χ0) is 28.4. The summed E-state index contributed by atoms with van der Waals surface area (Å²) in [6.45, 7) is 3.18. The van der Waals surface area contributed by atoms with Crippen molar-refractivity contribution in [3.63, 3.8) is 0 Å². The quantitative estimate of drug-likeness (QED) is 0.253. The van der Waals surface area contributed by atoms with Crippen LogP contribution >= 0.6 is 0 Å². The minimum atomic E-state index is -3.67. The molecule has 1 amide bonds. The number of nitrogens with zero attached hydrogens (tertiary/aromatic N) is 2. The molecule has 0 radical (unpaired) electrons. The Morgan fingerprint density at radius 3 is 2.60 bits per heavy atom. The van der Waals surface area contributed by atoms with Gasteiger partial charge in [-0.3, -0.25) is 9.10 Å². The molecule has 1 atom stereocenters. The Hall–Kier alpha value is -3.64. The Kier molecular flexibility index (Phi) is 7.99. The first kappa shape index (κ1) is 27.9. The van der Waals surface area contributed by atoms with Crippen molar-refractivity contribution in [3.8, 4) is 22.6 Å². The second-order valence-electron chi connectivity index (χ2n) is 10.1. The first-order valence-electron chi connectivity index (χ1n) is 13.2. The molecule has 1 aliphatic carbocycles. The molecule has 1 aliphatic heterocycles. The molecule has 0 unspecified atom stereocenters. The highest BCUT2D eigenvalue weighted by Gasteiger charge is 2.31. The highest BCUT2D eigenvalue weighted by atomic mass is 32.2. The Labute approximate surface area is 234 Å². The second-order valence-corrected chi connectivity index (χ2v) is 12.1. The molecule has 11 heteroatoms. The summed E-state index contributed by atoms with van der Waals surface area (Å²) in [5, 5.41) is 16.8. The van der Waals surface area contributed by atoms with Crippen molar-refractivity contribution in [2.24, 2.45) is 0 Å². The van der Waals surface area contributed by atoms with Crippen LogP contribution in [0.1, 0.15) is 29.7 Å². The fourth-order valence-corrected chi connectivity index (χ4v) is 6.10. The van der Waals surface area contributed by atoms with Gasteiger partial charge in [0.2, 0.25) is 5.91 Å². The van der Waals surface area contributed by atoms with E-state index in [9.17, 15) is 18.3 Å². The summed E-state index contributed by atoms with van der Waals surface area (Å²) in [6.07, 6.45) is -0.0595. The van der Waals surface area contributed by atoms with Crippen LogP contribution in [0.5, 0.6) is 11.5 Å². The van der Waals surface area contributed by atoms with Crippen molar-refractivity contribution in [3.05, 3.63) is 71.3 Å². The number of hydrogen-bond acceptors (Lipinski definition) is 7. The average Bonchev–Trinajstić information content (AvgIpc) is 3.28. The fourth-order valence-electron chi connectivity index (χ4n) is 5.01. The van der Waals surface area contributed by atoms with Crippen LogP contribution < -0.4 is 24.4 Å². The third kappa shape index (κ3) is 5.78. The molecular weight excluding hydrogens is 532 g/mol. The number of aliphatic hydroxyl groups excluding tert-OH is 1. The number of fused-ring (bicyclic) bond motifs is 4. The van der Waals surface area contributed by atoms with Crippen LogP contribution in [0.15, 0.2) is 54.6 Å². The third-order valence-electron chi connectivity index (χ3n) is 6.99. The lowest BCUT2D eigenvalue weighted by Gasteiger charge is -2.32. The molecule has 2 aliphatic rings. The minimum absolute atomic E-state index is 0.0911. The molecule has 3 aromatic carbocycles. The maximum atomic E-state index is 12.8. The number of hydrogen-bond donors (Lipinski definition) is 3. The van der Waals surface area contributed by atoms with Gasteiger partial charge in [0.1, 0.15) is 24.7 Å². The van der Waals surface area contributed by atoms with Crippen LogP contribution in [-0.4, -0.2) is 70.7 Å². The van der Waals surface area contributed by atoms with Crippen LogP contribution in [-0.2, 0) is 21.4 Å². The van der Waals surface area contributed by atoms with E-state index >= 15 is 0 Å². The Morgan fingerprint density at radius 1 is 1.10 bits per heavy atom. The predicted molar refractivity (Wildman–Crippen MR) is 154 cm³/mol. The van der Waals surface area contributed by atoms with E-state index in [-0.39, 0.29) is 25.6 Å². The molecule has 0 bridgehead atoms. The molecule has 40 heavy (non-hydrogen) atoms. The Morgan fingerprint density at radius 2 is 1.85 bits per heavy atom. The monoisotopic (exact) mass is 566 g/mol. The summed E-state index contributed by atoms with van der Waals surface area (Å²) < 4.78 is 39.5. The number of nitrogens with one attached hydrogen (secondary N) is 2. The van der Waals surface area contributed by atoms with Crippen molar-refractivity contribution in [2.75, 3.05) is 56.6 Å².